The van der Waals surface area contributed by atoms with E-state index in [-0.39, 0.29) is 23.8 Å². The molecule has 0 aliphatic carbocycles. The highest BCUT2D eigenvalue weighted by Gasteiger charge is 2.43. The summed E-state index contributed by atoms with van der Waals surface area (Å²) in [6, 6.07) is 3.27. The first-order valence-electron chi connectivity index (χ1n) is 8.41. The Hall–Kier alpha value is -1.26. The Kier molecular flexibility index (Phi) is 7.67. The molecule has 1 heterocycles. The molecule has 162 valence electrons. The number of nitrogens with one attached hydrogen (secondary N) is 1. The zero-order valence-corrected chi connectivity index (χ0v) is 19.0. The Morgan fingerprint density at radius 1 is 1.17 bits per heavy atom. The van der Waals surface area contributed by atoms with E-state index in [0.29, 0.717) is 17.1 Å². The van der Waals surface area contributed by atoms with Gasteiger partial charge in [0.05, 0.1) is 38.3 Å². The number of ether oxygens (including phenoxy) is 2. The van der Waals surface area contributed by atoms with Gasteiger partial charge in [-0.25, -0.2) is 8.42 Å². The van der Waals surface area contributed by atoms with Gasteiger partial charge in [-0.2, -0.15) is 0 Å². The van der Waals surface area contributed by atoms with Crippen LogP contribution in [0, 0.1) is 0 Å². The second kappa shape index (κ2) is 9.26. The zero-order chi connectivity index (χ0) is 22.0. The molecule has 1 aliphatic rings. The van der Waals surface area contributed by atoms with Gasteiger partial charge in [-0.15, -0.1) is 0 Å². The highest BCUT2D eigenvalue weighted by Crippen LogP contribution is 2.29. The van der Waals surface area contributed by atoms with Crippen molar-refractivity contribution in [3.05, 3.63) is 23.8 Å². The fraction of sp³-hybridized carbons (Fsp3) is 0.529. The molecule has 0 spiro atoms. The number of benzene rings is 1. The Morgan fingerprint density at radius 2 is 1.79 bits per heavy atom. The highest BCUT2D eigenvalue weighted by molar-refractivity contribution is 7.91. The maximum atomic E-state index is 12.7. The molecule has 0 saturated carbocycles. The van der Waals surface area contributed by atoms with E-state index in [2.05, 4.69) is 5.32 Å². The number of halogens is 3. The van der Waals surface area contributed by atoms with Gasteiger partial charge in [0.1, 0.15) is 0 Å². The van der Waals surface area contributed by atoms with Crippen LogP contribution >= 0.6 is 34.8 Å². The molecule has 0 aromatic heterocycles. The van der Waals surface area contributed by atoms with Crippen LogP contribution in [-0.4, -0.2) is 80.2 Å². The maximum absolute atomic E-state index is 12.7. The average molecular weight is 488 g/mol. The summed E-state index contributed by atoms with van der Waals surface area (Å²) in [5, 5.41) is 2.45. The average Bonchev–Trinajstić information content (AvgIpc) is 2.94. The smallest absolute Gasteiger partial charge is 0.272 e. The van der Waals surface area contributed by atoms with Crippen LogP contribution in [-0.2, 0) is 14.6 Å². The van der Waals surface area contributed by atoms with Crippen LogP contribution in [0.15, 0.2) is 18.2 Å². The van der Waals surface area contributed by atoms with Crippen molar-refractivity contribution in [2.24, 2.45) is 0 Å². The van der Waals surface area contributed by atoms with Crippen LogP contribution in [0.25, 0.3) is 0 Å². The first-order valence-corrected chi connectivity index (χ1v) is 11.4. The van der Waals surface area contributed by atoms with E-state index in [1.54, 1.807) is 30.1 Å². The first kappa shape index (κ1) is 24.0. The van der Waals surface area contributed by atoms with Crippen molar-refractivity contribution in [2.75, 3.05) is 39.3 Å². The van der Waals surface area contributed by atoms with Gasteiger partial charge in [0.25, 0.3) is 9.70 Å². The second-order valence-electron chi connectivity index (χ2n) is 6.63. The van der Waals surface area contributed by atoms with Crippen LogP contribution in [0.1, 0.15) is 10.4 Å². The number of carbonyl (C=O) groups is 2. The number of methoxy groups -OCH3 is 2. The van der Waals surface area contributed by atoms with E-state index in [1.165, 1.54) is 14.2 Å². The van der Waals surface area contributed by atoms with Crippen LogP contribution < -0.4 is 14.8 Å². The number of sulfone groups is 1. The Morgan fingerprint density at radius 3 is 2.34 bits per heavy atom. The fourth-order valence-corrected chi connectivity index (χ4v) is 5.26. The molecule has 1 N–H and O–H groups in total. The molecule has 0 unspecified atom stereocenters. The van der Waals surface area contributed by atoms with E-state index < -0.39 is 31.6 Å². The van der Waals surface area contributed by atoms with Crippen LogP contribution in [0.4, 0.5) is 0 Å². The van der Waals surface area contributed by atoms with E-state index in [0.717, 1.165) is 0 Å². The van der Waals surface area contributed by atoms with Gasteiger partial charge in [0, 0.05) is 11.6 Å². The van der Waals surface area contributed by atoms with Gasteiger partial charge in [-0.3, -0.25) is 14.5 Å². The zero-order valence-electron chi connectivity index (χ0n) is 15.9. The summed E-state index contributed by atoms with van der Waals surface area (Å²) in [5.74, 6) is -0.837. The standard InChI is InChI=1S/C17H21Cl3N2O6S/c1-22(7-13(23)10-4-5-14(27-2)15(6-10)28-3)12-9-29(25,26)8-11(12)21-16(24)17(18,19)20/h4-6,11-12H,7-9H2,1-3H3,(H,21,24)/t11-,12-/m1/s1. The van der Waals surface area contributed by atoms with Gasteiger partial charge >= 0.3 is 0 Å². The molecule has 2 atom stereocenters. The number of alkyl halides is 3. The quantitative estimate of drug-likeness (QED) is 0.459. The monoisotopic (exact) mass is 486 g/mol. The molecule has 1 aliphatic heterocycles. The summed E-state index contributed by atoms with van der Waals surface area (Å²) in [4.78, 5) is 26.2. The number of likely N-dealkylation sites (N-methyl/N-ethyl adjacent to an activating group) is 1. The molecule has 1 fully saturated rings. The largest absolute Gasteiger partial charge is 0.493 e. The van der Waals surface area contributed by atoms with Crippen molar-refractivity contribution >= 4 is 56.3 Å². The Labute approximate surface area is 184 Å². The van der Waals surface area contributed by atoms with E-state index in [9.17, 15) is 18.0 Å². The predicted molar refractivity (Wildman–Crippen MR) is 111 cm³/mol. The lowest BCUT2D eigenvalue weighted by atomic mass is 10.1. The highest BCUT2D eigenvalue weighted by atomic mass is 35.6. The molecule has 2 rings (SSSR count). The summed E-state index contributed by atoms with van der Waals surface area (Å²) in [6.45, 7) is -0.0875. The number of Topliss-reactive ketones (excluding diaryl/α,β-unsaturated/α-hetero) is 1. The van der Waals surface area contributed by atoms with Crippen molar-refractivity contribution in [3.8, 4) is 11.5 Å². The fourth-order valence-electron chi connectivity index (χ4n) is 3.10. The van der Waals surface area contributed by atoms with Crippen molar-refractivity contribution in [2.45, 2.75) is 15.9 Å². The number of nitrogens with zero attached hydrogens (tertiary/aromatic N) is 1. The summed E-state index contributed by atoms with van der Waals surface area (Å²) >= 11 is 16.7. The minimum Gasteiger partial charge on any atom is -0.493 e. The number of hydrogen-bond donors (Lipinski definition) is 1. The number of hydrogen-bond acceptors (Lipinski definition) is 7. The summed E-state index contributed by atoms with van der Waals surface area (Å²) in [6.07, 6.45) is 0. The Balaban J connectivity index is 2.15. The predicted octanol–water partition coefficient (Wildman–Crippen LogP) is 1.47. The number of ketones is 1. The molecule has 12 heteroatoms. The van der Waals surface area contributed by atoms with Crippen molar-refractivity contribution < 1.29 is 27.5 Å². The Bertz CT molecular complexity index is 888. The van der Waals surface area contributed by atoms with E-state index >= 15 is 0 Å². The maximum Gasteiger partial charge on any atom is 0.272 e. The van der Waals surface area contributed by atoms with Crippen molar-refractivity contribution in [1.29, 1.82) is 0 Å². The van der Waals surface area contributed by atoms with Gasteiger partial charge in [0.15, 0.2) is 27.1 Å². The summed E-state index contributed by atoms with van der Waals surface area (Å²) in [7, 11) is 1.10. The van der Waals surface area contributed by atoms with Crippen LogP contribution in [0.3, 0.4) is 0 Å². The number of rotatable bonds is 7. The normalized spacial score (nSPS) is 21.1. The third-order valence-electron chi connectivity index (χ3n) is 4.56. The van der Waals surface area contributed by atoms with Gasteiger partial charge < -0.3 is 14.8 Å². The minimum absolute atomic E-state index is 0.0875. The molecule has 8 nitrogen and oxygen atoms in total. The minimum atomic E-state index is -3.43. The molecule has 0 radical (unpaired) electrons. The molecule has 1 aromatic rings. The molecule has 1 aromatic carbocycles. The van der Waals surface area contributed by atoms with E-state index in [4.69, 9.17) is 44.3 Å². The third kappa shape index (κ3) is 6.11. The van der Waals surface area contributed by atoms with Gasteiger partial charge in [-0.05, 0) is 25.2 Å². The molecular formula is C17H21Cl3N2O6S. The molecule has 29 heavy (non-hydrogen) atoms. The third-order valence-corrected chi connectivity index (χ3v) is 6.79. The van der Waals surface area contributed by atoms with Gasteiger partial charge in [-0.1, -0.05) is 34.8 Å². The van der Waals surface area contributed by atoms with Crippen molar-refractivity contribution in [3.63, 3.8) is 0 Å². The summed E-state index contributed by atoms with van der Waals surface area (Å²) in [5.41, 5.74) is 0.372. The molecular weight excluding hydrogens is 467 g/mol. The lowest BCUT2D eigenvalue weighted by Gasteiger charge is -2.29. The van der Waals surface area contributed by atoms with Crippen LogP contribution in [0.5, 0.6) is 11.5 Å². The van der Waals surface area contributed by atoms with Crippen LogP contribution in [0.2, 0.25) is 0 Å². The lowest BCUT2D eigenvalue weighted by Crippen LogP contribution is -2.53. The van der Waals surface area contributed by atoms with Crippen molar-refractivity contribution in [1.82, 2.24) is 10.2 Å². The molecule has 1 saturated heterocycles. The second-order valence-corrected chi connectivity index (χ2v) is 11.1. The number of carbonyl (C=O) groups excluding carboxylic acids is 2. The molecule has 1 amide bonds. The lowest BCUT2D eigenvalue weighted by molar-refractivity contribution is -0.121. The molecule has 0 bridgehead atoms. The topological polar surface area (TPSA) is 102 Å². The first-order chi connectivity index (χ1) is 13.4. The number of amides is 1. The van der Waals surface area contributed by atoms with E-state index in [1.807, 2.05) is 0 Å². The SMILES string of the molecule is COc1ccc(C(=O)CN(C)[C@@H]2CS(=O)(=O)C[C@H]2NC(=O)C(Cl)(Cl)Cl)cc1OC. The van der Waals surface area contributed by atoms with Gasteiger partial charge in [0.2, 0.25) is 0 Å². The summed E-state index contributed by atoms with van der Waals surface area (Å²) < 4.78 is 32.3.